The van der Waals surface area contributed by atoms with Gasteiger partial charge in [0.1, 0.15) is 11.9 Å². The zero-order valence-electron chi connectivity index (χ0n) is 10.8. The molecule has 0 bridgehead atoms. The SMILES string of the molecule is N#CC(NC(=O)c1cccc(C(F)(F)F)c1F)c1ccsc1. The molecule has 0 aliphatic heterocycles. The monoisotopic (exact) mass is 328 g/mol. The van der Waals surface area contributed by atoms with Crippen LogP contribution < -0.4 is 5.32 Å². The Balaban J connectivity index is 2.29. The van der Waals surface area contributed by atoms with E-state index >= 15 is 0 Å². The van der Waals surface area contributed by atoms with Crippen LogP contribution in [-0.4, -0.2) is 5.91 Å². The first-order valence-electron chi connectivity index (χ1n) is 5.93. The van der Waals surface area contributed by atoms with Gasteiger partial charge in [0.05, 0.1) is 17.2 Å². The Bertz CT molecular complexity index is 719. The molecule has 1 aromatic heterocycles. The molecule has 22 heavy (non-hydrogen) atoms. The van der Waals surface area contributed by atoms with Crippen molar-refractivity contribution < 1.29 is 22.4 Å². The van der Waals surface area contributed by atoms with Crippen molar-refractivity contribution in [1.29, 1.82) is 5.26 Å². The molecular weight excluding hydrogens is 320 g/mol. The van der Waals surface area contributed by atoms with Crippen molar-refractivity contribution in [2.24, 2.45) is 0 Å². The molecule has 0 aliphatic rings. The molecule has 0 radical (unpaired) electrons. The average molecular weight is 328 g/mol. The molecule has 0 saturated heterocycles. The van der Waals surface area contributed by atoms with E-state index in [0.717, 1.165) is 12.1 Å². The van der Waals surface area contributed by atoms with Crippen LogP contribution in [0.2, 0.25) is 0 Å². The highest BCUT2D eigenvalue weighted by Gasteiger charge is 2.35. The fourth-order valence-corrected chi connectivity index (χ4v) is 2.45. The highest BCUT2D eigenvalue weighted by atomic mass is 32.1. The number of carbonyl (C=O) groups excluding carboxylic acids is 1. The van der Waals surface area contributed by atoms with E-state index in [1.807, 2.05) is 0 Å². The quantitative estimate of drug-likeness (QED) is 0.869. The van der Waals surface area contributed by atoms with Crippen LogP contribution in [-0.2, 0) is 6.18 Å². The third-order valence-electron chi connectivity index (χ3n) is 2.83. The van der Waals surface area contributed by atoms with Crippen molar-refractivity contribution >= 4 is 17.2 Å². The number of hydrogen-bond acceptors (Lipinski definition) is 3. The Morgan fingerprint density at radius 1 is 1.32 bits per heavy atom. The Labute approximate surface area is 126 Å². The standard InChI is InChI=1S/C14H8F4N2OS/c15-12-9(2-1-3-10(12)14(16,17)18)13(21)20-11(6-19)8-4-5-22-7-8/h1-5,7,11H,(H,20,21). The molecule has 1 atom stereocenters. The summed E-state index contributed by atoms with van der Waals surface area (Å²) in [6.45, 7) is 0. The van der Waals surface area contributed by atoms with Crippen LogP contribution in [0.5, 0.6) is 0 Å². The summed E-state index contributed by atoms with van der Waals surface area (Å²) in [4.78, 5) is 11.9. The van der Waals surface area contributed by atoms with Gasteiger partial charge in [-0.1, -0.05) is 6.07 Å². The second kappa shape index (κ2) is 6.15. The van der Waals surface area contributed by atoms with Crippen LogP contribution in [0.3, 0.4) is 0 Å². The van der Waals surface area contributed by atoms with Crippen molar-refractivity contribution in [3.63, 3.8) is 0 Å². The second-order valence-corrected chi connectivity index (χ2v) is 5.04. The van der Waals surface area contributed by atoms with Crippen LogP contribution >= 0.6 is 11.3 Å². The van der Waals surface area contributed by atoms with Crippen LogP contribution in [0.25, 0.3) is 0 Å². The molecule has 1 heterocycles. The minimum absolute atomic E-state index is 0.480. The number of rotatable bonds is 3. The molecule has 1 N–H and O–H groups in total. The highest BCUT2D eigenvalue weighted by molar-refractivity contribution is 7.08. The van der Waals surface area contributed by atoms with Crippen LogP contribution in [0, 0.1) is 17.1 Å². The molecule has 0 spiro atoms. The molecule has 2 rings (SSSR count). The van der Waals surface area contributed by atoms with E-state index in [1.165, 1.54) is 11.3 Å². The van der Waals surface area contributed by atoms with E-state index in [9.17, 15) is 22.4 Å². The molecular formula is C14H8F4N2OS. The Hall–Kier alpha value is -2.40. The smallest absolute Gasteiger partial charge is 0.332 e. The molecule has 1 aromatic carbocycles. The number of amides is 1. The van der Waals surface area contributed by atoms with Gasteiger partial charge in [0.2, 0.25) is 0 Å². The Morgan fingerprint density at radius 2 is 2.05 bits per heavy atom. The summed E-state index contributed by atoms with van der Waals surface area (Å²) < 4.78 is 51.7. The molecule has 1 unspecified atom stereocenters. The first-order valence-corrected chi connectivity index (χ1v) is 6.87. The van der Waals surface area contributed by atoms with Gasteiger partial charge in [-0.3, -0.25) is 4.79 Å². The first-order chi connectivity index (χ1) is 10.3. The number of hydrogen-bond donors (Lipinski definition) is 1. The maximum absolute atomic E-state index is 13.9. The predicted molar refractivity (Wildman–Crippen MR) is 71.5 cm³/mol. The summed E-state index contributed by atoms with van der Waals surface area (Å²) in [7, 11) is 0. The number of nitriles is 1. The normalized spacial score (nSPS) is 12.5. The van der Waals surface area contributed by atoms with E-state index in [2.05, 4.69) is 5.32 Å². The molecule has 2 aromatic rings. The lowest BCUT2D eigenvalue weighted by Gasteiger charge is -2.13. The Kier molecular flexibility index (Phi) is 4.47. The van der Waals surface area contributed by atoms with Gasteiger partial charge in [-0.2, -0.15) is 29.8 Å². The molecule has 114 valence electrons. The summed E-state index contributed by atoms with van der Waals surface area (Å²) in [6, 6.07) is 4.74. The predicted octanol–water partition coefficient (Wildman–Crippen LogP) is 3.90. The molecule has 0 fully saturated rings. The van der Waals surface area contributed by atoms with Gasteiger partial charge in [0.25, 0.3) is 5.91 Å². The average Bonchev–Trinajstić information content (AvgIpc) is 2.97. The van der Waals surface area contributed by atoms with Crippen molar-refractivity contribution in [1.82, 2.24) is 5.32 Å². The maximum atomic E-state index is 13.9. The van der Waals surface area contributed by atoms with Gasteiger partial charge < -0.3 is 5.32 Å². The van der Waals surface area contributed by atoms with Gasteiger partial charge in [0.15, 0.2) is 0 Å². The highest BCUT2D eigenvalue weighted by Crippen LogP contribution is 2.32. The molecule has 8 heteroatoms. The Morgan fingerprint density at radius 3 is 2.59 bits per heavy atom. The largest absolute Gasteiger partial charge is 0.419 e. The molecule has 0 aliphatic carbocycles. The van der Waals surface area contributed by atoms with Gasteiger partial charge in [0, 0.05) is 0 Å². The van der Waals surface area contributed by atoms with E-state index in [-0.39, 0.29) is 0 Å². The second-order valence-electron chi connectivity index (χ2n) is 4.26. The van der Waals surface area contributed by atoms with E-state index in [4.69, 9.17) is 5.26 Å². The van der Waals surface area contributed by atoms with Crippen molar-refractivity contribution in [3.8, 4) is 6.07 Å². The molecule has 3 nitrogen and oxygen atoms in total. The number of nitrogens with zero attached hydrogens (tertiary/aromatic N) is 1. The lowest BCUT2D eigenvalue weighted by molar-refractivity contribution is -0.140. The van der Waals surface area contributed by atoms with E-state index < -0.39 is 35.1 Å². The number of halogens is 4. The van der Waals surface area contributed by atoms with Crippen molar-refractivity contribution in [2.45, 2.75) is 12.2 Å². The van der Waals surface area contributed by atoms with Gasteiger partial charge >= 0.3 is 6.18 Å². The fourth-order valence-electron chi connectivity index (χ4n) is 1.76. The van der Waals surface area contributed by atoms with E-state index in [1.54, 1.807) is 22.9 Å². The summed E-state index contributed by atoms with van der Waals surface area (Å²) in [5.41, 5.74) is -1.80. The van der Waals surface area contributed by atoms with E-state index in [0.29, 0.717) is 11.6 Å². The third kappa shape index (κ3) is 3.26. The summed E-state index contributed by atoms with van der Waals surface area (Å²) >= 11 is 1.29. The lowest BCUT2D eigenvalue weighted by Crippen LogP contribution is -2.28. The summed E-state index contributed by atoms with van der Waals surface area (Å²) in [5.74, 6) is -2.74. The summed E-state index contributed by atoms with van der Waals surface area (Å²) in [6.07, 6.45) is -4.90. The van der Waals surface area contributed by atoms with Crippen LogP contribution in [0.4, 0.5) is 17.6 Å². The van der Waals surface area contributed by atoms with Gasteiger partial charge in [-0.25, -0.2) is 4.39 Å². The number of nitrogens with one attached hydrogen (secondary N) is 1. The minimum Gasteiger partial charge on any atom is -0.332 e. The minimum atomic E-state index is -4.90. The number of benzene rings is 1. The topological polar surface area (TPSA) is 52.9 Å². The summed E-state index contributed by atoms with van der Waals surface area (Å²) in [5, 5.41) is 14.5. The zero-order valence-corrected chi connectivity index (χ0v) is 11.6. The third-order valence-corrected chi connectivity index (χ3v) is 3.53. The number of thiophene rings is 1. The van der Waals surface area contributed by atoms with Gasteiger partial charge in [-0.15, -0.1) is 0 Å². The lowest BCUT2D eigenvalue weighted by atomic mass is 10.1. The number of alkyl halides is 3. The van der Waals surface area contributed by atoms with Gasteiger partial charge in [-0.05, 0) is 34.5 Å². The van der Waals surface area contributed by atoms with Crippen molar-refractivity contribution in [3.05, 3.63) is 57.5 Å². The number of carbonyl (C=O) groups is 1. The first kappa shape index (κ1) is 16.0. The van der Waals surface area contributed by atoms with Crippen LogP contribution in [0.1, 0.15) is 27.5 Å². The van der Waals surface area contributed by atoms with Crippen molar-refractivity contribution in [2.75, 3.05) is 0 Å². The maximum Gasteiger partial charge on any atom is 0.419 e. The molecule has 0 saturated carbocycles. The van der Waals surface area contributed by atoms with Crippen LogP contribution in [0.15, 0.2) is 35.0 Å². The zero-order chi connectivity index (χ0) is 16.3. The fraction of sp³-hybridized carbons (Fsp3) is 0.143. The molecule has 1 amide bonds.